The van der Waals surface area contributed by atoms with Gasteiger partial charge in [0.05, 0.1) is 0 Å². The summed E-state index contributed by atoms with van der Waals surface area (Å²) in [5.74, 6) is 0. The highest BCUT2D eigenvalue weighted by Crippen LogP contribution is 2.31. The molecule has 0 saturated carbocycles. The molecule has 1 nitrogen and oxygen atoms in total. The molecule has 1 atom stereocenters. The fraction of sp³-hybridized carbons (Fsp3) is 0.250. The van der Waals surface area contributed by atoms with Crippen molar-refractivity contribution in [2.45, 2.75) is 36.1 Å². The summed E-state index contributed by atoms with van der Waals surface area (Å²) in [6, 6.07) is 17.3. The average Bonchev–Trinajstić information content (AvgIpc) is 2.33. The van der Waals surface area contributed by atoms with Crippen LogP contribution in [-0.2, 0) is 6.42 Å². The van der Waals surface area contributed by atoms with Gasteiger partial charge in [-0.05, 0) is 44.0 Å². The standard InChI is InChI=1S/C16H19NS/c1-12-8-9-16(14(10-12)11-13(2)17)18-15-6-4-3-5-7-15/h3-10,13H,11,17H2,1-2H3. The van der Waals surface area contributed by atoms with Crippen molar-refractivity contribution in [1.82, 2.24) is 0 Å². The molecule has 0 radical (unpaired) electrons. The van der Waals surface area contributed by atoms with Crippen molar-refractivity contribution in [3.8, 4) is 0 Å². The van der Waals surface area contributed by atoms with Crippen LogP contribution in [-0.4, -0.2) is 6.04 Å². The number of rotatable bonds is 4. The fourth-order valence-corrected chi connectivity index (χ4v) is 2.89. The second-order valence-corrected chi connectivity index (χ2v) is 5.82. The molecular weight excluding hydrogens is 238 g/mol. The van der Waals surface area contributed by atoms with Crippen LogP contribution in [0.5, 0.6) is 0 Å². The van der Waals surface area contributed by atoms with Crippen LogP contribution in [0.1, 0.15) is 18.1 Å². The number of hydrogen-bond acceptors (Lipinski definition) is 2. The van der Waals surface area contributed by atoms with Crippen molar-refractivity contribution in [1.29, 1.82) is 0 Å². The van der Waals surface area contributed by atoms with E-state index in [0.29, 0.717) is 0 Å². The Morgan fingerprint density at radius 2 is 1.83 bits per heavy atom. The van der Waals surface area contributed by atoms with Crippen molar-refractivity contribution in [2.24, 2.45) is 5.73 Å². The predicted molar refractivity (Wildman–Crippen MR) is 79.1 cm³/mol. The second kappa shape index (κ2) is 6.07. The summed E-state index contributed by atoms with van der Waals surface area (Å²) in [4.78, 5) is 2.58. The third-order valence-electron chi connectivity index (χ3n) is 2.73. The summed E-state index contributed by atoms with van der Waals surface area (Å²) in [6.07, 6.45) is 0.927. The van der Waals surface area contributed by atoms with Crippen LogP contribution in [0.25, 0.3) is 0 Å². The van der Waals surface area contributed by atoms with Crippen molar-refractivity contribution in [2.75, 3.05) is 0 Å². The van der Waals surface area contributed by atoms with Gasteiger partial charge in [-0.25, -0.2) is 0 Å². The summed E-state index contributed by atoms with van der Waals surface area (Å²) >= 11 is 1.81. The minimum absolute atomic E-state index is 0.196. The summed E-state index contributed by atoms with van der Waals surface area (Å²) in [5.41, 5.74) is 8.57. The molecule has 0 aliphatic heterocycles. The maximum absolute atomic E-state index is 5.93. The molecule has 0 spiro atoms. The molecule has 94 valence electrons. The SMILES string of the molecule is Cc1ccc(Sc2ccccc2)c(CC(C)N)c1. The van der Waals surface area contributed by atoms with Crippen LogP contribution in [0.3, 0.4) is 0 Å². The highest BCUT2D eigenvalue weighted by molar-refractivity contribution is 7.99. The maximum Gasteiger partial charge on any atom is 0.0155 e. The van der Waals surface area contributed by atoms with Gasteiger partial charge in [0.25, 0.3) is 0 Å². The molecule has 0 aromatic heterocycles. The van der Waals surface area contributed by atoms with E-state index in [1.807, 2.05) is 17.8 Å². The Hall–Kier alpha value is -1.25. The number of benzene rings is 2. The van der Waals surface area contributed by atoms with Gasteiger partial charge in [0.15, 0.2) is 0 Å². The van der Waals surface area contributed by atoms with Crippen LogP contribution in [0, 0.1) is 6.92 Å². The monoisotopic (exact) mass is 257 g/mol. The summed E-state index contributed by atoms with van der Waals surface area (Å²) in [6.45, 7) is 4.18. The van der Waals surface area contributed by atoms with E-state index in [4.69, 9.17) is 5.73 Å². The number of aryl methyl sites for hydroxylation is 1. The molecule has 2 N–H and O–H groups in total. The normalized spacial score (nSPS) is 12.4. The average molecular weight is 257 g/mol. The van der Waals surface area contributed by atoms with E-state index in [1.165, 1.54) is 20.9 Å². The molecule has 18 heavy (non-hydrogen) atoms. The van der Waals surface area contributed by atoms with Crippen molar-refractivity contribution < 1.29 is 0 Å². The lowest BCUT2D eigenvalue weighted by Gasteiger charge is -2.12. The first kappa shape index (κ1) is 13.2. The number of nitrogens with two attached hydrogens (primary N) is 1. The third-order valence-corrected chi connectivity index (χ3v) is 3.85. The van der Waals surface area contributed by atoms with Crippen LogP contribution in [0.15, 0.2) is 58.3 Å². The molecule has 0 amide bonds. The van der Waals surface area contributed by atoms with Gasteiger partial charge in [-0.1, -0.05) is 47.7 Å². The van der Waals surface area contributed by atoms with E-state index < -0.39 is 0 Å². The molecule has 2 heteroatoms. The molecule has 0 saturated heterocycles. The van der Waals surface area contributed by atoms with Crippen LogP contribution >= 0.6 is 11.8 Å². The summed E-state index contributed by atoms with van der Waals surface area (Å²) in [5, 5.41) is 0. The Bertz CT molecular complexity index is 506. The summed E-state index contributed by atoms with van der Waals surface area (Å²) < 4.78 is 0. The Morgan fingerprint density at radius 1 is 1.11 bits per heavy atom. The lowest BCUT2D eigenvalue weighted by molar-refractivity contribution is 0.729. The van der Waals surface area contributed by atoms with E-state index in [-0.39, 0.29) is 6.04 Å². The Kier molecular flexibility index (Phi) is 4.45. The van der Waals surface area contributed by atoms with E-state index >= 15 is 0 Å². The largest absolute Gasteiger partial charge is 0.328 e. The topological polar surface area (TPSA) is 26.0 Å². The third kappa shape index (κ3) is 3.62. The zero-order valence-corrected chi connectivity index (χ0v) is 11.7. The first-order valence-corrected chi connectivity index (χ1v) is 7.05. The Balaban J connectivity index is 2.26. The van der Waals surface area contributed by atoms with E-state index in [9.17, 15) is 0 Å². The van der Waals surface area contributed by atoms with Crippen molar-refractivity contribution >= 4 is 11.8 Å². The Morgan fingerprint density at radius 3 is 2.50 bits per heavy atom. The minimum Gasteiger partial charge on any atom is -0.328 e. The molecule has 0 fully saturated rings. The van der Waals surface area contributed by atoms with Gasteiger partial charge in [0.1, 0.15) is 0 Å². The Labute approximate surface area is 113 Å². The maximum atomic E-state index is 5.93. The molecule has 0 aliphatic carbocycles. The lowest BCUT2D eigenvalue weighted by atomic mass is 10.1. The molecule has 2 aromatic carbocycles. The van der Waals surface area contributed by atoms with Gasteiger partial charge in [-0.3, -0.25) is 0 Å². The van der Waals surface area contributed by atoms with Gasteiger partial charge in [-0.2, -0.15) is 0 Å². The first-order chi connectivity index (χ1) is 8.65. The number of hydrogen-bond donors (Lipinski definition) is 1. The smallest absolute Gasteiger partial charge is 0.0155 e. The highest BCUT2D eigenvalue weighted by atomic mass is 32.2. The molecular formula is C16H19NS. The molecule has 1 unspecified atom stereocenters. The van der Waals surface area contributed by atoms with Crippen LogP contribution < -0.4 is 5.73 Å². The lowest BCUT2D eigenvalue weighted by Crippen LogP contribution is -2.18. The zero-order valence-electron chi connectivity index (χ0n) is 10.9. The van der Waals surface area contributed by atoms with E-state index in [2.05, 4.69) is 56.3 Å². The fourth-order valence-electron chi connectivity index (χ4n) is 1.93. The van der Waals surface area contributed by atoms with E-state index in [0.717, 1.165) is 6.42 Å². The van der Waals surface area contributed by atoms with Gasteiger partial charge >= 0.3 is 0 Å². The van der Waals surface area contributed by atoms with Gasteiger partial charge < -0.3 is 5.73 Å². The summed E-state index contributed by atoms with van der Waals surface area (Å²) in [7, 11) is 0. The minimum atomic E-state index is 0.196. The highest BCUT2D eigenvalue weighted by Gasteiger charge is 2.07. The van der Waals surface area contributed by atoms with Crippen molar-refractivity contribution in [3.63, 3.8) is 0 Å². The van der Waals surface area contributed by atoms with Crippen LogP contribution in [0.2, 0.25) is 0 Å². The molecule has 0 bridgehead atoms. The van der Waals surface area contributed by atoms with Crippen LogP contribution in [0.4, 0.5) is 0 Å². The zero-order chi connectivity index (χ0) is 13.0. The molecule has 0 aliphatic rings. The van der Waals surface area contributed by atoms with Gasteiger partial charge in [0, 0.05) is 15.8 Å². The quantitative estimate of drug-likeness (QED) is 0.894. The van der Waals surface area contributed by atoms with E-state index in [1.54, 1.807) is 0 Å². The van der Waals surface area contributed by atoms with Crippen molar-refractivity contribution in [3.05, 3.63) is 59.7 Å². The van der Waals surface area contributed by atoms with Gasteiger partial charge in [0.2, 0.25) is 0 Å². The predicted octanol–water partition coefficient (Wildman–Crippen LogP) is 4.04. The molecule has 2 rings (SSSR count). The van der Waals surface area contributed by atoms with Gasteiger partial charge in [-0.15, -0.1) is 0 Å². The second-order valence-electron chi connectivity index (χ2n) is 4.71. The first-order valence-electron chi connectivity index (χ1n) is 6.23. The molecule has 2 aromatic rings. The molecule has 0 heterocycles.